The maximum atomic E-state index is 3.95. The number of hydrogen-bond donors (Lipinski definition) is 0. The monoisotopic (exact) mass is 134 g/mol. The lowest BCUT2D eigenvalue weighted by Crippen LogP contribution is -1.81. The molecule has 0 aromatic heterocycles. The van der Waals surface area contributed by atoms with Crippen LogP contribution < -0.4 is 0 Å². The van der Waals surface area contributed by atoms with Crippen molar-refractivity contribution in [1.82, 2.24) is 0 Å². The lowest BCUT2D eigenvalue weighted by atomic mass is 10.2. The first-order valence-corrected chi connectivity index (χ1v) is 3.42. The van der Waals surface area contributed by atoms with Crippen LogP contribution in [0.15, 0.2) is 28.0 Å². The molecule has 0 amide bonds. The average molecular weight is 134 g/mol. The zero-order valence-electron chi connectivity index (χ0n) is 6.04. The third-order valence-electron chi connectivity index (χ3n) is 1.22. The summed E-state index contributed by atoms with van der Waals surface area (Å²) in [4.78, 5) is 7.83. The predicted octanol–water partition coefficient (Wildman–Crippen LogP) is 1.94. The molecule has 1 aliphatic rings. The van der Waals surface area contributed by atoms with Gasteiger partial charge >= 0.3 is 0 Å². The van der Waals surface area contributed by atoms with E-state index in [0.29, 0.717) is 0 Å². The second-order valence-corrected chi connectivity index (χ2v) is 2.12. The number of allylic oxidation sites excluding steroid dienone is 1. The number of rotatable bonds is 2. The Morgan fingerprint density at radius 2 is 2.50 bits per heavy atom. The Hall–Kier alpha value is -1.14. The van der Waals surface area contributed by atoms with E-state index in [0.717, 1.165) is 12.8 Å². The number of aliphatic imine (C=N–C) groups is 2. The molecule has 52 valence electrons. The van der Waals surface area contributed by atoms with E-state index in [-0.39, 0.29) is 0 Å². The number of hydrogen-bond acceptors (Lipinski definition) is 2. The molecule has 0 radical (unpaired) electrons. The van der Waals surface area contributed by atoms with Crippen LogP contribution in [0.3, 0.4) is 0 Å². The van der Waals surface area contributed by atoms with Gasteiger partial charge in [0, 0.05) is 18.3 Å². The third kappa shape index (κ3) is 2.00. The summed E-state index contributed by atoms with van der Waals surface area (Å²) in [5, 5.41) is 0. The van der Waals surface area contributed by atoms with Gasteiger partial charge in [-0.1, -0.05) is 13.3 Å². The fourth-order valence-corrected chi connectivity index (χ4v) is 0.771. The maximum absolute atomic E-state index is 3.95. The van der Waals surface area contributed by atoms with Crippen LogP contribution in [0.4, 0.5) is 0 Å². The summed E-state index contributed by atoms with van der Waals surface area (Å²) in [6.45, 7) is 2.14. The summed E-state index contributed by atoms with van der Waals surface area (Å²) < 4.78 is 0. The largest absolute Gasteiger partial charge is 0.254 e. The standard InChI is InChI=1S/C8H10N2/c1-2-3-8-6-9-4-5-10-7-8/h4,6-7H,2-3H2,1H3. The lowest BCUT2D eigenvalue weighted by molar-refractivity contribution is 0.936. The molecule has 0 bridgehead atoms. The molecule has 0 atom stereocenters. The molecule has 0 unspecified atom stereocenters. The molecule has 1 rings (SSSR count). The molecule has 2 nitrogen and oxygen atoms in total. The van der Waals surface area contributed by atoms with Crippen molar-refractivity contribution >= 4 is 12.1 Å². The van der Waals surface area contributed by atoms with Crippen molar-refractivity contribution in [2.75, 3.05) is 0 Å². The highest BCUT2D eigenvalue weighted by Gasteiger charge is 1.90. The van der Waals surface area contributed by atoms with Gasteiger partial charge in [0.25, 0.3) is 0 Å². The Bertz CT molecular complexity index is 217. The van der Waals surface area contributed by atoms with Crippen LogP contribution in [0.1, 0.15) is 19.8 Å². The second-order valence-electron chi connectivity index (χ2n) is 2.12. The molecule has 2 heteroatoms. The van der Waals surface area contributed by atoms with Crippen LogP contribution in [0.5, 0.6) is 0 Å². The van der Waals surface area contributed by atoms with Crippen molar-refractivity contribution in [3.63, 3.8) is 0 Å². The highest BCUT2D eigenvalue weighted by molar-refractivity contribution is 5.81. The second kappa shape index (κ2) is 3.80. The average Bonchev–Trinajstić information content (AvgIpc) is 2.17. The Balaban J connectivity index is 2.62. The van der Waals surface area contributed by atoms with Gasteiger partial charge in [-0.25, -0.2) is 4.99 Å². The van der Waals surface area contributed by atoms with Crippen molar-refractivity contribution in [3.8, 4) is 0 Å². The van der Waals surface area contributed by atoms with E-state index in [1.807, 2.05) is 6.21 Å². The number of nitrogens with zero attached hydrogens (tertiary/aromatic N) is 2. The smallest absolute Gasteiger partial charge is 0.0881 e. The Morgan fingerprint density at radius 3 is 3.30 bits per heavy atom. The summed E-state index contributed by atoms with van der Waals surface area (Å²) in [5.74, 6) is 2.66. The Labute approximate surface area is 60.7 Å². The van der Waals surface area contributed by atoms with Gasteiger partial charge in [0.2, 0.25) is 0 Å². The minimum absolute atomic E-state index is 1.04. The first kappa shape index (κ1) is 6.97. The lowest BCUT2D eigenvalue weighted by Gasteiger charge is -1.92. The van der Waals surface area contributed by atoms with E-state index in [9.17, 15) is 0 Å². The first-order chi connectivity index (χ1) is 4.93. The molecular formula is C8H10N2. The van der Waals surface area contributed by atoms with E-state index < -0.39 is 0 Å². The summed E-state index contributed by atoms with van der Waals surface area (Å²) in [6, 6.07) is 0. The molecule has 0 spiro atoms. The fraction of sp³-hybridized carbons (Fsp3) is 0.375. The topological polar surface area (TPSA) is 24.7 Å². The van der Waals surface area contributed by atoms with Crippen molar-refractivity contribution in [2.45, 2.75) is 19.8 Å². The van der Waals surface area contributed by atoms with E-state index in [1.54, 1.807) is 12.4 Å². The minimum Gasteiger partial charge on any atom is -0.254 e. The van der Waals surface area contributed by atoms with Crippen molar-refractivity contribution in [1.29, 1.82) is 0 Å². The van der Waals surface area contributed by atoms with E-state index in [1.165, 1.54) is 5.57 Å². The zero-order chi connectivity index (χ0) is 7.23. The van der Waals surface area contributed by atoms with Crippen LogP contribution in [0.2, 0.25) is 0 Å². The van der Waals surface area contributed by atoms with Crippen LogP contribution in [-0.4, -0.2) is 12.1 Å². The molecule has 0 aromatic rings. The molecule has 0 N–H and O–H groups in total. The van der Waals surface area contributed by atoms with Gasteiger partial charge in [-0.3, -0.25) is 4.99 Å². The van der Waals surface area contributed by atoms with Crippen molar-refractivity contribution < 1.29 is 0 Å². The fourth-order valence-electron chi connectivity index (χ4n) is 0.771. The van der Waals surface area contributed by atoms with E-state index in [2.05, 4.69) is 22.8 Å². The molecule has 1 aliphatic heterocycles. The molecule has 0 aliphatic carbocycles. The van der Waals surface area contributed by atoms with E-state index >= 15 is 0 Å². The SMILES string of the molecule is CCCC1=CN=C=CN=C1. The summed E-state index contributed by atoms with van der Waals surface area (Å²) in [6.07, 6.45) is 7.37. The Morgan fingerprint density at radius 1 is 1.60 bits per heavy atom. The van der Waals surface area contributed by atoms with Crippen molar-refractivity contribution in [3.05, 3.63) is 18.0 Å². The summed E-state index contributed by atoms with van der Waals surface area (Å²) in [7, 11) is 0. The zero-order valence-corrected chi connectivity index (χ0v) is 6.04. The van der Waals surface area contributed by atoms with Gasteiger partial charge < -0.3 is 0 Å². The van der Waals surface area contributed by atoms with Crippen LogP contribution in [-0.2, 0) is 0 Å². The highest BCUT2D eigenvalue weighted by Crippen LogP contribution is 2.02. The molecule has 10 heavy (non-hydrogen) atoms. The minimum atomic E-state index is 1.04. The van der Waals surface area contributed by atoms with Crippen LogP contribution >= 0.6 is 0 Å². The summed E-state index contributed by atoms with van der Waals surface area (Å²) >= 11 is 0. The summed E-state index contributed by atoms with van der Waals surface area (Å²) in [5.41, 5.74) is 1.17. The predicted molar refractivity (Wildman–Crippen MR) is 43.5 cm³/mol. The molecule has 1 heterocycles. The van der Waals surface area contributed by atoms with Crippen LogP contribution in [0.25, 0.3) is 0 Å². The van der Waals surface area contributed by atoms with Gasteiger partial charge in [-0.15, -0.1) is 0 Å². The Kier molecular flexibility index (Phi) is 2.65. The quantitative estimate of drug-likeness (QED) is 0.551. The molecule has 0 saturated carbocycles. The highest BCUT2D eigenvalue weighted by atomic mass is 14.7. The van der Waals surface area contributed by atoms with Gasteiger partial charge in [-0.2, -0.15) is 0 Å². The van der Waals surface area contributed by atoms with E-state index in [4.69, 9.17) is 0 Å². The first-order valence-electron chi connectivity index (χ1n) is 3.42. The maximum Gasteiger partial charge on any atom is 0.0881 e. The van der Waals surface area contributed by atoms with Gasteiger partial charge in [0.15, 0.2) is 0 Å². The van der Waals surface area contributed by atoms with Gasteiger partial charge in [0.05, 0.1) is 6.20 Å². The van der Waals surface area contributed by atoms with Gasteiger partial charge in [0.1, 0.15) is 0 Å². The van der Waals surface area contributed by atoms with Crippen LogP contribution in [0, 0.1) is 0 Å². The molecule has 0 aromatic carbocycles. The molecule has 0 saturated heterocycles. The van der Waals surface area contributed by atoms with Gasteiger partial charge in [-0.05, 0) is 12.0 Å². The normalized spacial score (nSPS) is 15.1. The van der Waals surface area contributed by atoms with Crippen molar-refractivity contribution in [2.24, 2.45) is 9.98 Å². The molecule has 0 fully saturated rings. The third-order valence-corrected chi connectivity index (χ3v) is 1.22. The molecular weight excluding hydrogens is 124 g/mol.